The van der Waals surface area contributed by atoms with Crippen molar-refractivity contribution in [3.05, 3.63) is 35.9 Å². The van der Waals surface area contributed by atoms with Gasteiger partial charge in [-0.05, 0) is 45.3 Å². The number of guanidine groups is 1. The molecular weight excluding hydrogens is 312 g/mol. The van der Waals surface area contributed by atoms with E-state index >= 15 is 0 Å². The normalized spacial score (nSPS) is 14.6. The Bertz CT molecular complexity index is 488. The zero-order chi connectivity index (χ0) is 18.7. The topological polar surface area (TPSA) is 59.9 Å². The number of aliphatic hydroxyl groups is 1. The average molecular weight is 349 g/mol. The highest BCUT2D eigenvalue weighted by molar-refractivity contribution is 5.79. The summed E-state index contributed by atoms with van der Waals surface area (Å²) in [5, 5.41) is 16.9. The maximum Gasteiger partial charge on any atom is 0.191 e. The fourth-order valence-corrected chi connectivity index (χ4v) is 2.70. The van der Waals surface area contributed by atoms with Crippen LogP contribution in [0.25, 0.3) is 0 Å². The molecule has 0 aliphatic heterocycles. The zero-order valence-electron chi connectivity index (χ0n) is 16.5. The highest BCUT2D eigenvalue weighted by atomic mass is 16.3. The molecular formula is C20H36N4O. The number of nitrogens with zero attached hydrogens (tertiary/aromatic N) is 2. The SMILES string of the molecule is CCNC(=NCC(CC(C)C)N(C)C)NCCC(O)c1ccccc1. The maximum absolute atomic E-state index is 10.2. The molecule has 1 aromatic rings. The summed E-state index contributed by atoms with van der Waals surface area (Å²) in [5.74, 6) is 1.47. The van der Waals surface area contributed by atoms with Crippen molar-refractivity contribution in [3.8, 4) is 0 Å². The third kappa shape index (κ3) is 8.89. The summed E-state index contributed by atoms with van der Waals surface area (Å²) in [6.45, 7) is 8.82. The van der Waals surface area contributed by atoms with Crippen molar-refractivity contribution >= 4 is 5.96 Å². The van der Waals surface area contributed by atoms with Crippen LogP contribution < -0.4 is 10.6 Å². The van der Waals surface area contributed by atoms with Crippen LogP contribution in [-0.2, 0) is 0 Å². The van der Waals surface area contributed by atoms with Gasteiger partial charge in [0.25, 0.3) is 0 Å². The smallest absolute Gasteiger partial charge is 0.191 e. The Morgan fingerprint density at radius 2 is 1.84 bits per heavy atom. The van der Waals surface area contributed by atoms with Gasteiger partial charge in [-0.2, -0.15) is 0 Å². The number of likely N-dealkylation sites (N-methyl/N-ethyl adjacent to an activating group) is 1. The van der Waals surface area contributed by atoms with E-state index in [1.807, 2.05) is 30.3 Å². The summed E-state index contributed by atoms with van der Waals surface area (Å²) in [7, 11) is 4.22. The van der Waals surface area contributed by atoms with E-state index in [1.165, 1.54) is 0 Å². The molecule has 2 atom stereocenters. The number of aliphatic imine (C=N–C) groups is 1. The molecule has 0 fully saturated rings. The lowest BCUT2D eigenvalue weighted by Crippen LogP contribution is -2.40. The molecule has 25 heavy (non-hydrogen) atoms. The predicted octanol–water partition coefficient (Wildman–Crippen LogP) is 2.64. The van der Waals surface area contributed by atoms with Crippen molar-refractivity contribution in [2.75, 3.05) is 33.7 Å². The van der Waals surface area contributed by atoms with Gasteiger partial charge in [0.2, 0.25) is 0 Å². The molecule has 0 amide bonds. The van der Waals surface area contributed by atoms with Gasteiger partial charge in [-0.25, -0.2) is 0 Å². The molecule has 0 bridgehead atoms. The van der Waals surface area contributed by atoms with Gasteiger partial charge in [0, 0.05) is 19.1 Å². The fraction of sp³-hybridized carbons (Fsp3) is 0.650. The average Bonchev–Trinajstić information content (AvgIpc) is 2.58. The van der Waals surface area contributed by atoms with E-state index in [2.05, 4.69) is 50.4 Å². The quantitative estimate of drug-likeness (QED) is 0.449. The van der Waals surface area contributed by atoms with E-state index < -0.39 is 6.10 Å². The fourth-order valence-electron chi connectivity index (χ4n) is 2.70. The molecule has 1 rings (SSSR count). The molecule has 0 radical (unpaired) electrons. The van der Waals surface area contributed by atoms with E-state index in [9.17, 15) is 5.11 Å². The van der Waals surface area contributed by atoms with Gasteiger partial charge in [-0.15, -0.1) is 0 Å². The Morgan fingerprint density at radius 3 is 2.40 bits per heavy atom. The van der Waals surface area contributed by atoms with Gasteiger partial charge in [-0.1, -0.05) is 44.2 Å². The highest BCUT2D eigenvalue weighted by Gasteiger charge is 2.13. The lowest BCUT2D eigenvalue weighted by atomic mass is 10.0. The van der Waals surface area contributed by atoms with Gasteiger partial charge in [0.1, 0.15) is 0 Å². The van der Waals surface area contributed by atoms with Crippen LogP contribution in [0.2, 0.25) is 0 Å². The van der Waals surface area contributed by atoms with Crippen molar-refractivity contribution in [1.82, 2.24) is 15.5 Å². The molecule has 0 aliphatic rings. The molecule has 142 valence electrons. The van der Waals surface area contributed by atoms with Crippen LogP contribution in [0.4, 0.5) is 0 Å². The zero-order valence-corrected chi connectivity index (χ0v) is 16.5. The van der Waals surface area contributed by atoms with Gasteiger partial charge < -0.3 is 20.6 Å². The van der Waals surface area contributed by atoms with Crippen LogP contribution in [0.5, 0.6) is 0 Å². The minimum atomic E-state index is -0.452. The first-order valence-electron chi connectivity index (χ1n) is 9.35. The highest BCUT2D eigenvalue weighted by Crippen LogP contribution is 2.14. The van der Waals surface area contributed by atoms with E-state index in [0.717, 1.165) is 31.0 Å². The standard InChI is InChI=1S/C20H36N4O/c1-6-21-20(23-15-18(24(4)5)14-16(2)3)22-13-12-19(25)17-10-8-7-9-11-17/h7-11,16,18-19,25H,6,12-15H2,1-5H3,(H2,21,22,23). The first kappa shape index (κ1) is 21.5. The van der Waals surface area contributed by atoms with Crippen molar-refractivity contribution in [2.24, 2.45) is 10.9 Å². The van der Waals surface area contributed by atoms with Gasteiger partial charge >= 0.3 is 0 Å². The molecule has 0 heterocycles. The monoisotopic (exact) mass is 348 g/mol. The minimum absolute atomic E-state index is 0.436. The van der Waals surface area contributed by atoms with Gasteiger partial charge in [0.15, 0.2) is 5.96 Å². The van der Waals surface area contributed by atoms with Crippen molar-refractivity contribution in [3.63, 3.8) is 0 Å². The summed E-state index contributed by atoms with van der Waals surface area (Å²) in [6, 6.07) is 10.2. The van der Waals surface area contributed by atoms with Crippen molar-refractivity contribution in [1.29, 1.82) is 0 Å². The molecule has 5 nitrogen and oxygen atoms in total. The largest absolute Gasteiger partial charge is 0.388 e. The van der Waals surface area contributed by atoms with Crippen LogP contribution in [0.1, 0.15) is 45.3 Å². The Labute approximate surface area is 153 Å². The number of rotatable bonds is 10. The Morgan fingerprint density at radius 1 is 1.16 bits per heavy atom. The Kier molecular flexibility index (Phi) is 10.2. The molecule has 0 aromatic heterocycles. The first-order chi connectivity index (χ1) is 11.9. The molecule has 1 aromatic carbocycles. The summed E-state index contributed by atoms with van der Waals surface area (Å²) in [6.07, 6.45) is 1.33. The summed E-state index contributed by atoms with van der Waals surface area (Å²) >= 11 is 0. The third-order valence-corrected chi connectivity index (χ3v) is 4.17. The second-order valence-corrected chi connectivity index (χ2v) is 7.11. The number of hydrogen-bond acceptors (Lipinski definition) is 3. The molecule has 0 spiro atoms. The lowest BCUT2D eigenvalue weighted by molar-refractivity contribution is 0.168. The van der Waals surface area contributed by atoms with Gasteiger partial charge in [0.05, 0.1) is 12.6 Å². The van der Waals surface area contributed by atoms with Crippen molar-refractivity contribution in [2.45, 2.75) is 45.8 Å². The summed E-state index contributed by atoms with van der Waals surface area (Å²) in [5.41, 5.74) is 0.954. The molecule has 3 N–H and O–H groups in total. The lowest BCUT2D eigenvalue weighted by Gasteiger charge is -2.25. The second kappa shape index (κ2) is 11.9. The van der Waals surface area contributed by atoms with Gasteiger partial charge in [-0.3, -0.25) is 4.99 Å². The minimum Gasteiger partial charge on any atom is -0.388 e. The van der Waals surface area contributed by atoms with Crippen LogP contribution in [0.3, 0.4) is 0 Å². The van der Waals surface area contributed by atoms with Crippen LogP contribution in [0, 0.1) is 5.92 Å². The molecule has 5 heteroatoms. The Hall–Kier alpha value is -1.59. The number of aliphatic hydroxyl groups excluding tert-OH is 1. The second-order valence-electron chi connectivity index (χ2n) is 7.11. The molecule has 0 saturated heterocycles. The first-order valence-corrected chi connectivity index (χ1v) is 9.35. The van der Waals surface area contributed by atoms with E-state index in [0.29, 0.717) is 24.9 Å². The van der Waals surface area contributed by atoms with Crippen LogP contribution in [0.15, 0.2) is 35.3 Å². The Balaban J connectivity index is 2.52. The number of benzene rings is 1. The van der Waals surface area contributed by atoms with Crippen LogP contribution in [-0.4, -0.2) is 55.7 Å². The van der Waals surface area contributed by atoms with E-state index in [1.54, 1.807) is 0 Å². The van der Waals surface area contributed by atoms with Crippen LogP contribution >= 0.6 is 0 Å². The number of hydrogen-bond donors (Lipinski definition) is 3. The molecule has 2 unspecified atom stereocenters. The molecule has 0 aliphatic carbocycles. The summed E-state index contributed by atoms with van der Waals surface area (Å²) < 4.78 is 0. The molecule has 0 saturated carbocycles. The predicted molar refractivity (Wildman–Crippen MR) is 107 cm³/mol. The van der Waals surface area contributed by atoms with Crippen molar-refractivity contribution < 1.29 is 5.11 Å². The number of nitrogens with one attached hydrogen (secondary N) is 2. The van der Waals surface area contributed by atoms with E-state index in [4.69, 9.17) is 4.99 Å². The summed E-state index contributed by atoms with van der Waals surface area (Å²) in [4.78, 5) is 6.97. The third-order valence-electron chi connectivity index (χ3n) is 4.17. The maximum atomic E-state index is 10.2. The van der Waals surface area contributed by atoms with E-state index in [-0.39, 0.29) is 0 Å².